The summed E-state index contributed by atoms with van der Waals surface area (Å²) in [6, 6.07) is 6.67. The highest BCUT2D eigenvalue weighted by atomic mass is 19.1. The van der Waals surface area contributed by atoms with Crippen molar-refractivity contribution in [3.05, 3.63) is 35.6 Å². The normalized spacial score (nSPS) is 21.0. The summed E-state index contributed by atoms with van der Waals surface area (Å²) < 4.78 is 18.4. The van der Waals surface area contributed by atoms with E-state index in [2.05, 4.69) is 19.2 Å². The molecule has 1 atom stereocenters. The minimum atomic E-state index is -0.223. The molecule has 1 unspecified atom stereocenters. The van der Waals surface area contributed by atoms with Crippen molar-refractivity contribution < 1.29 is 13.9 Å². The zero-order valence-corrected chi connectivity index (χ0v) is 12.8. The minimum Gasteiger partial charge on any atom is -0.375 e. The zero-order chi connectivity index (χ0) is 15.3. The maximum absolute atomic E-state index is 12.8. The smallest absolute Gasteiger partial charge is 0.220 e. The van der Waals surface area contributed by atoms with Gasteiger partial charge in [0.15, 0.2) is 0 Å². The third-order valence-electron chi connectivity index (χ3n) is 3.84. The molecule has 0 aromatic heterocycles. The Morgan fingerprint density at radius 2 is 2.10 bits per heavy atom. The van der Waals surface area contributed by atoms with Crippen molar-refractivity contribution in [3.8, 4) is 0 Å². The summed E-state index contributed by atoms with van der Waals surface area (Å²) in [5.41, 5.74) is 0.918. The molecule has 1 aromatic rings. The molecule has 1 N–H and O–H groups in total. The van der Waals surface area contributed by atoms with Gasteiger partial charge in [-0.3, -0.25) is 4.79 Å². The maximum atomic E-state index is 12.8. The molecule has 1 saturated heterocycles. The highest BCUT2D eigenvalue weighted by molar-refractivity contribution is 5.76. The van der Waals surface area contributed by atoms with Crippen molar-refractivity contribution in [2.75, 3.05) is 6.61 Å². The molecule has 1 aliphatic heterocycles. The number of hydrogen-bond acceptors (Lipinski definition) is 2. The van der Waals surface area contributed by atoms with E-state index in [-0.39, 0.29) is 23.4 Å². The first-order chi connectivity index (χ1) is 9.94. The van der Waals surface area contributed by atoms with Crippen LogP contribution >= 0.6 is 0 Å². The van der Waals surface area contributed by atoms with E-state index in [1.54, 1.807) is 12.1 Å². The van der Waals surface area contributed by atoms with Crippen LogP contribution in [0.3, 0.4) is 0 Å². The summed E-state index contributed by atoms with van der Waals surface area (Å²) in [5, 5.41) is 3.09. The summed E-state index contributed by atoms with van der Waals surface area (Å²) in [5.74, 6) is -0.126. The second-order valence-electron chi connectivity index (χ2n) is 6.35. The van der Waals surface area contributed by atoms with Crippen LogP contribution < -0.4 is 5.32 Å². The first-order valence-corrected chi connectivity index (χ1v) is 7.62. The lowest BCUT2D eigenvalue weighted by Crippen LogP contribution is -2.45. The van der Waals surface area contributed by atoms with E-state index in [1.165, 1.54) is 12.1 Å². The van der Waals surface area contributed by atoms with E-state index in [0.717, 1.165) is 31.2 Å². The first-order valence-electron chi connectivity index (χ1n) is 7.62. The van der Waals surface area contributed by atoms with E-state index in [0.29, 0.717) is 13.0 Å². The molecule has 0 aliphatic carbocycles. The number of benzene rings is 1. The molecule has 21 heavy (non-hydrogen) atoms. The highest BCUT2D eigenvalue weighted by Crippen LogP contribution is 2.23. The number of aryl methyl sites for hydroxylation is 1. The van der Waals surface area contributed by atoms with Crippen molar-refractivity contribution in [2.24, 2.45) is 0 Å². The quantitative estimate of drug-likeness (QED) is 0.905. The van der Waals surface area contributed by atoms with Crippen LogP contribution in [0.4, 0.5) is 4.39 Å². The van der Waals surface area contributed by atoms with Gasteiger partial charge in [-0.15, -0.1) is 0 Å². The third-order valence-corrected chi connectivity index (χ3v) is 3.84. The van der Waals surface area contributed by atoms with Crippen molar-refractivity contribution in [2.45, 2.75) is 57.6 Å². The minimum absolute atomic E-state index is 0.0970. The second kappa shape index (κ2) is 7.03. The van der Waals surface area contributed by atoms with Gasteiger partial charge < -0.3 is 10.1 Å². The van der Waals surface area contributed by atoms with Crippen LogP contribution in [-0.2, 0) is 16.0 Å². The van der Waals surface area contributed by atoms with Gasteiger partial charge >= 0.3 is 0 Å². The maximum Gasteiger partial charge on any atom is 0.220 e. The molecule has 0 radical (unpaired) electrons. The van der Waals surface area contributed by atoms with Gasteiger partial charge in [0.1, 0.15) is 5.82 Å². The topological polar surface area (TPSA) is 38.3 Å². The molecule has 1 amide bonds. The second-order valence-corrected chi connectivity index (χ2v) is 6.35. The fraction of sp³-hybridized carbons (Fsp3) is 0.588. The Morgan fingerprint density at radius 1 is 1.38 bits per heavy atom. The van der Waals surface area contributed by atoms with Crippen LogP contribution in [0.2, 0.25) is 0 Å². The van der Waals surface area contributed by atoms with Crippen LogP contribution in [0.5, 0.6) is 0 Å². The molecule has 0 saturated carbocycles. The van der Waals surface area contributed by atoms with Gasteiger partial charge in [-0.2, -0.15) is 0 Å². The summed E-state index contributed by atoms with van der Waals surface area (Å²) in [6.07, 6.45) is 3.83. The Balaban J connectivity index is 1.69. The predicted octanol–water partition coefficient (Wildman–Crippen LogP) is 3.22. The number of rotatable bonds is 5. The molecule has 116 valence electrons. The third kappa shape index (κ3) is 5.46. The Bertz CT molecular complexity index is 470. The van der Waals surface area contributed by atoms with Crippen LogP contribution in [0.1, 0.15) is 45.1 Å². The summed E-state index contributed by atoms with van der Waals surface area (Å²) >= 11 is 0. The van der Waals surface area contributed by atoms with Gasteiger partial charge in [0.25, 0.3) is 0 Å². The molecule has 3 nitrogen and oxygen atoms in total. The van der Waals surface area contributed by atoms with E-state index in [4.69, 9.17) is 4.74 Å². The molecular formula is C17H24FNO2. The summed E-state index contributed by atoms with van der Waals surface area (Å²) in [7, 11) is 0. The van der Waals surface area contributed by atoms with E-state index in [9.17, 15) is 9.18 Å². The molecule has 1 aromatic carbocycles. The van der Waals surface area contributed by atoms with Gasteiger partial charge in [-0.05, 0) is 57.2 Å². The molecule has 1 heterocycles. The number of halogens is 1. The molecule has 0 bridgehead atoms. The number of nitrogens with one attached hydrogen (secondary N) is 1. The van der Waals surface area contributed by atoms with Crippen molar-refractivity contribution in [1.82, 2.24) is 5.32 Å². The molecule has 4 heteroatoms. The zero-order valence-electron chi connectivity index (χ0n) is 12.8. The Morgan fingerprint density at radius 3 is 2.76 bits per heavy atom. The fourth-order valence-corrected chi connectivity index (χ4v) is 2.76. The van der Waals surface area contributed by atoms with Gasteiger partial charge in [-0.1, -0.05) is 12.1 Å². The van der Waals surface area contributed by atoms with Crippen LogP contribution in [-0.4, -0.2) is 24.2 Å². The Hall–Kier alpha value is -1.42. The predicted molar refractivity (Wildman–Crippen MR) is 80.5 cm³/mol. The molecule has 0 spiro atoms. The lowest BCUT2D eigenvalue weighted by molar-refractivity contribution is -0.124. The molecule has 1 aliphatic rings. The largest absolute Gasteiger partial charge is 0.375 e. The van der Waals surface area contributed by atoms with Gasteiger partial charge in [0.05, 0.1) is 5.60 Å². The molecular weight excluding hydrogens is 269 g/mol. The van der Waals surface area contributed by atoms with Crippen LogP contribution in [0.25, 0.3) is 0 Å². The first kappa shape index (κ1) is 16.0. The highest BCUT2D eigenvalue weighted by Gasteiger charge is 2.29. The van der Waals surface area contributed by atoms with E-state index in [1.807, 2.05) is 0 Å². The van der Waals surface area contributed by atoms with Crippen LogP contribution in [0.15, 0.2) is 24.3 Å². The molecule has 1 fully saturated rings. The monoisotopic (exact) mass is 293 g/mol. The van der Waals surface area contributed by atoms with Gasteiger partial charge in [0.2, 0.25) is 5.91 Å². The van der Waals surface area contributed by atoms with Crippen molar-refractivity contribution in [3.63, 3.8) is 0 Å². The molecule has 2 rings (SSSR count). The number of amides is 1. The average molecular weight is 293 g/mol. The number of hydrogen-bond donors (Lipinski definition) is 1. The van der Waals surface area contributed by atoms with Gasteiger partial charge in [0, 0.05) is 19.1 Å². The van der Waals surface area contributed by atoms with Crippen molar-refractivity contribution >= 4 is 5.91 Å². The van der Waals surface area contributed by atoms with E-state index < -0.39 is 0 Å². The summed E-state index contributed by atoms with van der Waals surface area (Å²) in [6.45, 7) is 4.81. The standard InChI is InChI=1S/C17H24FNO2/c1-17(2)12-15(10-11-21-17)19-16(20)5-3-4-13-6-8-14(18)9-7-13/h6-9,15H,3-5,10-12H2,1-2H3,(H,19,20). The van der Waals surface area contributed by atoms with Crippen molar-refractivity contribution in [1.29, 1.82) is 0 Å². The Labute approximate surface area is 125 Å². The lowest BCUT2D eigenvalue weighted by Gasteiger charge is -2.35. The van der Waals surface area contributed by atoms with Crippen LogP contribution in [0, 0.1) is 5.82 Å². The number of ether oxygens (including phenoxy) is 1. The lowest BCUT2D eigenvalue weighted by atomic mass is 9.94. The number of carbonyl (C=O) groups is 1. The van der Waals surface area contributed by atoms with E-state index >= 15 is 0 Å². The SMILES string of the molecule is CC1(C)CC(NC(=O)CCCc2ccc(F)cc2)CCO1. The summed E-state index contributed by atoms with van der Waals surface area (Å²) in [4.78, 5) is 12.0. The average Bonchev–Trinajstić information content (AvgIpc) is 2.40. The Kier molecular flexibility index (Phi) is 5.34. The fourth-order valence-electron chi connectivity index (χ4n) is 2.76. The number of carbonyl (C=O) groups excluding carboxylic acids is 1. The van der Waals surface area contributed by atoms with Gasteiger partial charge in [-0.25, -0.2) is 4.39 Å².